The van der Waals surface area contributed by atoms with E-state index >= 15 is 0 Å². The summed E-state index contributed by atoms with van der Waals surface area (Å²) in [5.74, 6) is 3.05. The maximum Gasteiger partial charge on any atom is 0.513 e. The normalized spacial score (nSPS) is 10.7. The number of rotatable bonds is 6. The molecule has 0 aromatic heterocycles. The number of carbonyl (C=O) groups excluding carboxylic acids is 3. The largest absolute Gasteiger partial charge is 0.513 e. The van der Waals surface area contributed by atoms with Gasteiger partial charge in [0.05, 0.1) is 19.8 Å². The number of ether oxygens (including phenoxy) is 4. The average molecular weight is 416 g/mol. The van der Waals surface area contributed by atoms with Crippen molar-refractivity contribution in [2.24, 2.45) is 10.9 Å². The molecule has 0 fully saturated rings. The molecule has 0 bridgehead atoms. The Balaban J connectivity index is 2.41. The smallest absolute Gasteiger partial charge is 0.478 e. The van der Waals surface area contributed by atoms with Crippen molar-refractivity contribution < 1.29 is 43.2 Å². The average Bonchev–Trinajstić information content (AvgIpc) is 2.75. The number of hydrogen-bond acceptors (Lipinski definition) is 10. The number of methoxy groups -OCH3 is 2. The fourth-order valence-corrected chi connectivity index (χ4v) is 2.25. The van der Waals surface area contributed by atoms with E-state index in [9.17, 15) is 19.2 Å². The van der Waals surface area contributed by atoms with Crippen LogP contribution in [0.25, 0.3) is 0 Å². The van der Waals surface area contributed by atoms with E-state index in [1.54, 1.807) is 0 Å². The Bertz CT molecular complexity index is 1010. The molecular formula is C19H16N2O9. The molecule has 2 aromatic carbocycles. The van der Waals surface area contributed by atoms with Gasteiger partial charge in [0.2, 0.25) is 5.78 Å². The molecule has 0 saturated carbocycles. The van der Waals surface area contributed by atoms with Gasteiger partial charge in [-0.3, -0.25) is 4.79 Å². The Morgan fingerprint density at radius 1 is 0.800 bits per heavy atom. The zero-order chi connectivity index (χ0) is 22.3. The molecule has 0 aliphatic rings. The molecule has 11 heteroatoms. The van der Waals surface area contributed by atoms with Crippen LogP contribution in [-0.2, 0) is 9.47 Å². The van der Waals surface area contributed by atoms with E-state index in [2.05, 4.69) is 14.6 Å². The minimum Gasteiger partial charge on any atom is -0.478 e. The van der Waals surface area contributed by atoms with Gasteiger partial charge in [0.1, 0.15) is 5.71 Å². The van der Waals surface area contributed by atoms with Crippen LogP contribution in [0.5, 0.6) is 11.5 Å². The Kier molecular flexibility index (Phi) is 7.06. The Labute approximate surface area is 169 Å². The summed E-state index contributed by atoms with van der Waals surface area (Å²) in [6.45, 7) is 0. The minimum atomic E-state index is -1.13. The summed E-state index contributed by atoms with van der Waals surface area (Å²) in [7, 11) is 2.15. The molecular weight excluding hydrogens is 400 g/mol. The number of hydrogen-bond donors (Lipinski definition) is 2. The summed E-state index contributed by atoms with van der Waals surface area (Å²) in [5.41, 5.74) is 0.0775. The van der Waals surface area contributed by atoms with Gasteiger partial charge >= 0.3 is 18.3 Å². The molecule has 0 atom stereocenters. The molecule has 0 aliphatic heterocycles. The van der Waals surface area contributed by atoms with Gasteiger partial charge in [-0.1, -0.05) is 12.1 Å². The number of ketones is 1. The molecule has 2 aromatic rings. The second-order valence-electron chi connectivity index (χ2n) is 5.46. The molecule has 0 unspecified atom stereocenters. The molecule has 0 radical (unpaired) electrons. The lowest BCUT2D eigenvalue weighted by Gasteiger charge is -2.11. The highest BCUT2D eigenvalue weighted by atomic mass is 16.7. The summed E-state index contributed by atoms with van der Waals surface area (Å²) in [5, 5.41) is 12.5. The maximum absolute atomic E-state index is 12.9. The van der Waals surface area contributed by atoms with Gasteiger partial charge in [-0.05, 0) is 30.3 Å². The van der Waals surface area contributed by atoms with E-state index in [0.717, 1.165) is 20.3 Å². The summed E-state index contributed by atoms with van der Waals surface area (Å²) in [6.07, 6.45) is -2.20. The molecule has 3 N–H and O–H groups in total. The third-order valence-corrected chi connectivity index (χ3v) is 3.68. The second-order valence-corrected chi connectivity index (χ2v) is 5.46. The monoisotopic (exact) mass is 416 g/mol. The summed E-state index contributed by atoms with van der Waals surface area (Å²) >= 11 is 0. The van der Waals surface area contributed by atoms with Crippen LogP contribution in [0.2, 0.25) is 0 Å². The highest BCUT2D eigenvalue weighted by Crippen LogP contribution is 2.30. The van der Waals surface area contributed by atoms with Gasteiger partial charge in [-0.25, -0.2) is 14.4 Å². The number of nitrogens with two attached hydrogens (primary N) is 1. The first-order valence-corrected chi connectivity index (χ1v) is 8.12. The van der Waals surface area contributed by atoms with Crippen LogP contribution in [0.4, 0.5) is 9.59 Å². The molecule has 11 nitrogen and oxygen atoms in total. The van der Waals surface area contributed by atoms with Crippen LogP contribution < -0.4 is 15.3 Å². The van der Waals surface area contributed by atoms with E-state index in [4.69, 9.17) is 20.4 Å². The molecule has 2 rings (SSSR count). The fraction of sp³-hybridized carbons (Fsp3) is 0.105. The van der Waals surface area contributed by atoms with Gasteiger partial charge < -0.3 is 29.9 Å². The van der Waals surface area contributed by atoms with E-state index in [1.165, 1.54) is 36.4 Å². The first kappa shape index (κ1) is 21.9. The predicted molar refractivity (Wildman–Crippen MR) is 101 cm³/mol. The number of carboxylic acids is 1. The summed E-state index contributed by atoms with van der Waals surface area (Å²) in [4.78, 5) is 46.7. The zero-order valence-corrected chi connectivity index (χ0v) is 15.8. The standard InChI is InChI=1S/C19H16N2O9/c1-27-18(25)29-13-8-7-12(9-14(13)30-19(26)28-2)16(22)15(21-20)10-3-5-11(6-4-10)17(23)24/h3-9H,20H2,1-2H3,(H,23,24)/b21-15+. The van der Waals surface area contributed by atoms with Crippen LogP contribution in [-0.4, -0.2) is 49.1 Å². The van der Waals surface area contributed by atoms with Gasteiger partial charge in [-0.15, -0.1) is 0 Å². The van der Waals surface area contributed by atoms with Gasteiger partial charge in [0.25, 0.3) is 0 Å². The van der Waals surface area contributed by atoms with Crippen molar-refractivity contribution in [3.8, 4) is 11.5 Å². The van der Waals surface area contributed by atoms with Crippen molar-refractivity contribution in [2.45, 2.75) is 0 Å². The Morgan fingerprint density at radius 2 is 1.30 bits per heavy atom. The van der Waals surface area contributed by atoms with Crippen LogP contribution in [0.1, 0.15) is 26.3 Å². The lowest BCUT2D eigenvalue weighted by atomic mass is 9.99. The van der Waals surface area contributed by atoms with Crippen LogP contribution in [0.15, 0.2) is 47.6 Å². The van der Waals surface area contributed by atoms with E-state index in [0.29, 0.717) is 0 Å². The molecule has 0 saturated heterocycles. The quantitative estimate of drug-likeness (QED) is 0.178. The molecule has 0 spiro atoms. The predicted octanol–water partition coefficient (Wildman–Crippen LogP) is 2.22. The highest BCUT2D eigenvalue weighted by molar-refractivity contribution is 6.51. The molecule has 156 valence electrons. The maximum atomic E-state index is 12.9. The van der Waals surface area contributed by atoms with Crippen molar-refractivity contribution in [3.63, 3.8) is 0 Å². The number of nitrogens with zero attached hydrogens (tertiary/aromatic N) is 1. The minimum absolute atomic E-state index is 0.0145. The molecule has 0 aliphatic carbocycles. The topological polar surface area (TPSA) is 164 Å². The number of aromatic carboxylic acids is 1. The van der Waals surface area contributed by atoms with E-state index in [1.807, 2.05) is 0 Å². The highest BCUT2D eigenvalue weighted by Gasteiger charge is 2.21. The van der Waals surface area contributed by atoms with Gasteiger partial charge in [0.15, 0.2) is 11.5 Å². The third kappa shape index (κ3) is 5.10. The molecule has 0 amide bonds. The van der Waals surface area contributed by atoms with Crippen molar-refractivity contribution in [2.75, 3.05) is 14.2 Å². The number of carboxylic acid groups (broad SMARTS) is 1. The SMILES string of the molecule is COC(=O)Oc1ccc(C(=O)/C(=N/N)c2ccc(C(=O)O)cc2)cc1OC(=O)OC. The summed E-state index contributed by atoms with van der Waals surface area (Å²) in [6, 6.07) is 8.91. The van der Waals surface area contributed by atoms with E-state index < -0.39 is 24.1 Å². The lowest BCUT2D eigenvalue weighted by Crippen LogP contribution is -2.19. The number of Topliss-reactive ketones (excluding diaryl/α,β-unsaturated/α-hetero) is 1. The Hall–Kier alpha value is -4.41. The second kappa shape index (κ2) is 9.68. The van der Waals surface area contributed by atoms with Crippen molar-refractivity contribution >= 4 is 29.8 Å². The third-order valence-electron chi connectivity index (χ3n) is 3.68. The van der Waals surface area contributed by atoms with Crippen molar-refractivity contribution in [1.29, 1.82) is 0 Å². The van der Waals surface area contributed by atoms with Crippen LogP contribution >= 0.6 is 0 Å². The Morgan fingerprint density at radius 3 is 1.80 bits per heavy atom. The number of benzene rings is 2. The number of carbonyl (C=O) groups is 4. The van der Waals surface area contributed by atoms with Gasteiger partial charge in [0, 0.05) is 11.1 Å². The van der Waals surface area contributed by atoms with Crippen molar-refractivity contribution in [1.82, 2.24) is 0 Å². The number of hydrazone groups is 1. The van der Waals surface area contributed by atoms with Crippen LogP contribution in [0, 0.1) is 0 Å². The molecule has 0 heterocycles. The molecule has 30 heavy (non-hydrogen) atoms. The lowest BCUT2D eigenvalue weighted by molar-refractivity contribution is 0.0696. The van der Waals surface area contributed by atoms with Crippen LogP contribution in [0.3, 0.4) is 0 Å². The first-order valence-electron chi connectivity index (χ1n) is 8.12. The summed E-state index contributed by atoms with van der Waals surface area (Å²) < 4.78 is 18.6. The van der Waals surface area contributed by atoms with Crippen molar-refractivity contribution in [3.05, 3.63) is 59.2 Å². The zero-order valence-electron chi connectivity index (χ0n) is 15.8. The fourth-order valence-electron chi connectivity index (χ4n) is 2.25. The van der Waals surface area contributed by atoms with E-state index in [-0.39, 0.29) is 33.9 Å². The van der Waals surface area contributed by atoms with Gasteiger partial charge in [-0.2, -0.15) is 5.10 Å². The first-order chi connectivity index (χ1) is 14.3.